The highest BCUT2D eigenvalue weighted by atomic mass is 79.9. The average Bonchev–Trinajstić information content (AvgIpc) is 2.86. The van der Waals surface area contributed by atoms with Crippen LogP contribution in [0, 0.1) is 6.92 Å². The van der Waals surface area contributed by atoms with Gasteiger partial charge >= 0.3 is 5.97 Å². The molecule has 0 bridgehead atoms. The Kier molecular flexibility index (Phi) is 7.08. The van der Waals surface area contributed by atoms with Crippen molar-refractivity contribution in [3.05, 3.63) is 94.0 Å². The first-order valence-electron chi connectivity index (χ1n) is 11.0. The molecule has 4 rings (SSSR count). The first kappa shape index (κ1) is 23.6. The number of fused-ring (bicyclic) bond motifs is 1. The van der Waals surface area contributed by atoms with Crippen molar-refractivity contribution in [2.45, 2.75) is 26.4 Å². The third-order valence-corrected chi connectivity index (χ3v) is 6.08. The first-order valence-corrected chi connectivity index (χ1v) is 11.8. The Morgan fingerprint density at radius 1 is 1.00 bits per heavy atom. The number of benzene rings is 3. The lowest BCUT2D eigenvalue weighted by Gasteiger charge is -2.17. The van der Waals surface area contributed by atoms with E-state index in [4.69, 9.17) is 14.5 Å². The summed E-state index contributed by atoms with van der Waals surface area (Å²) >= 11 is 3.52. The molecule has 34 heavy (non-hydrogen) atoms. The molecular formula is C28H24BrNO4. The van der Waals surface area contributed by atoms with E-state index in [1.807, 2.05) is 56.3 Å². The van der Waals surface area contributed by atoms with Gasteiger partial charge in [0.15, 0.2) is 6.10 Å². The number of esters is 1. The van der Waals surface area contributed by atoms with Crippen molar-refractivity contribution in [3.63, 3.8) is 0 Å². The lowest BCUT2D eigenvalue weighted by Crippen LogP contribution is -2.27. The number of aromatic nitrogens is 1. The smallest absolute Gasteiger partial charge is 0.339 e. The molecule has 0 aliphatic rings. The molecule has 5 nitrogen and oxygen atoms in total. The maximum absolute atomic E-state index is 13.5. The van der Waals surface area contributed by atoms with Gasteiger partial charge in [-0.25, -0.2) is 9.78 Å². The Morgan fingerprint density at radius 2 is 1.76 bits per heavy atom. The van der Waals surface area contributed by atoms with E-state index in [2.05, 4.69) is 15.9 Å². The summed E-state index contributed by atoms with van der Waals surface area (Å²) < 4.78 is 12.0. The van der Waals surface area contributed by atoms with Gasteiger partial charge < -0.3 is 9.47 Å². The standard InChI is InChI=1S/C28H24BrNO4/c1-4-25(27(31)18-9-6-5-7-10-18)34-28(32)23-16-24(19-11-8-12-21(14-19)33-3)30-26-17(2)13-20(29)15-22(23)26/h5-16,25H,4H2,1-3H3. The molecule has 0 aliphatic carbocycles. The summed E-state index contributed by atoms with van der Waals surface area (Å²) in [5, 5.41) is 0.658. The second kappa shape index (κ2) is 10.2. The van der Waals surface area contributed by atoms with Crippen LogP contribution in [0.2, 0.25) is 0 Å². The van der Waals surface area contributed by atoms with Gasteiger partial charge in [-0.05, 0) is 49.2 Å². The summed E-state index contributed by atoms with van der Waals surface area (Å²) in [6.45, 7) is 3.77. The third kappa shape index (κ3) is 4.87. The second-order valence-corrected chi connectivity index (χ2v) is 8.85. The monoisotopic (exact) mass is 517 g/mol. The fourth-order valence-corrected chi connectivity index (χ4v) is 4.43. The number of aryl methyl sites for hydroxylation is 1. The predicted molar refractivity (Wildman–Crippen MR) is 136 cm³/mol. The molecule has 172 valence electrons. The van der Waals surface area contributed by atoms with Crippen molar-refractivity contribution in [1.29, 1.82) is 0 Å². The van der Waals surface area contributed by atoms with Gasteiger partial charge in [0, 0.05) is 21.0 Å². The Balaban J connectivity index is 1.79. The van der Waals surface area contributed by atoms with Crippen LogP contribution in [0.1, 0.15) is 39.6 Å². The normalized spacial score (nSPS) is 11.8. The molecule has 1 aromatic heterocycles. The number of rotatable bonds is 7. The molecule has 0 saturated carbocycles. The molecule has 0 fully saturated rings. The van der Waals surface area contributed by atoms with E-state index < -0.39 is 12.1 Å². The fourth-order valence-electron chi connectivity index (χ4n) is 3.86. The maximum Gasteiger partial charge on any atom is 0.339 e. The van der Waals surface area contributed by atoms with Crippen molar-refractivity contribution in [2.24, 2.45) is 0 Å². The molecule has 1 atom stereocenters. The number of Topliss-reactive ketones (excluding diaryl/α,β-unsaturated/α-hetero) is 1. The largest absolute Gasteiger partial charge is 0.497 e. The molecule has 1 unspecified atom stereocenters. The number of methoxy groups -OCH3 is 1. The minimum Gasteiger partial charge on any atom is -0.497 e. The van der Waals surface area contributed by atoms with Gasteiger partial charge in [-0.2, -0.15) is 0 Å². The lowest BCUT2D eigenvalue weighted by molar-refractivity contribution is 0.0279. The number of ether oxygens (including phenoxy) is 2. The lowest BCUT2D eigenvalue weighted by atomic mass is 10.0. The van der Waals surface area contributed by atoms with E-state index in [9.17, 15) is 9.59 Å². The van der Waals surface area contributed by atoms with Gasteiger partial charge in [-0.15, -0.1) is 0 Å². The fraction of sp³-hybridized carbons (Fsp3) is 0.179. The highest BCUT2D eigenvalue weighted by Gasteiger charge is 2.25. The molecule has 0 saturated heterocycles. The highest BCUT2D eigenvalue weighted by Crippen LogP contribution is 2.31. The summed E-state index contributed by atoms with van der Waals surface area (Å²) in [7, 11) is 1.60. The van der Waals surface area contributed by atoms with Gasteiger partial charge in [0.05, 0.1) is 23.9 Å². The minimum atomic E-state index is -0.883. The zero-order valence-electron chi connectivity index (χ0n) is 19.2. The van der Waals surface area contributed by atoms with Gasteiger partial charge in [0.25, 0.3) is 0 Å². The predicted octanol–water partition coefficient (Wildman–Crippen LogP) is 6.80. The molecule has 0 aliphatic heterocycles. The zero-order valence-corrected chi connectivity index (χ0v) is 20.8. The molecule has 1 heterocycles. The van der Waals surface area contributed by atoms with E-state index in [0.29, 0.717) is 39.9 Å². The molecule has 6 heteroatoms. The summed E-state index contributed by atoms with van der Waals surface area (Å²) in [5.74, 6) is -0.0964. The molecule has 0 N–H and O–H groups in total. The maximum atomic E-state index is 13.5. The Hall–Kier alpha value is -3.51. The molecule has 3 aromatic carbocycles. The minimum absolute atomic E-state index is 0.222. The Labute approximate surface area is 206 Å². The number of ketones is 1. The third-order valence-electron chi connectivity index (χ3n) is 5.62. The number of halogens is 1. The summed E-state index contributed by atoms with van der Waals surface area (Å²) in [5.41, 5.74) is 3.90. The number of hydrogen-bond donors (Lipinski definition) is 0. The van der Waals surface area contributed by atoms with Crippen molar-refractivity contribution in [1.82, 2.24) is 4.98 Å². The van der Waals surface area contributed by atoms with Gasteiger partial charge in [-0.3, -0.25) is 4.79 Å². The van der Waals surface area contributed by atoms with Crippen LogP contribution in [-0.4, -0.2) is 30.0 Å². The quantitative estimate of drug-likeness (QED) is 0.199. The SMILES string of the molecule is CCC(OC(=O)c1cc(-c2cccc(OC)c2)nc2c(C)cc(Br)cc12)C(=O)c1ccccc1. The van der Waals surface area contributed by atoms with Crippen LogP contribution >= 0.6 is 15.9 Å². The van der Waals surface area contributed by atoms with Crippen molar-refractivity contribution in [3.8, 4) is 17.0 Å². The van der Waals surface area contributed by atoms with Gasteiger partial charge in [0.1, 0.15) is 5.75 Å². The van der Waals surface area contributed by atoms with Crippen molar-refractivity contribution < 1.29 is 19.1 Å². The number of nitrogens with zero attached hydrogens (tertiary/aromatic N) is 1. The molecule has 0 amide bonds. The Bertz CT molecular complexity index is 1370. The highest BCUT2D eigenvalue weighted by molar-refractivity contribution is 9.10. The number of pyridine rings is 1. The van der Waals surface area contributed by atoms with Crippen LogP contribution in [0.15, 0.2) is 77.3 Å². The van der Waals surface area contributed by atoms with E-state index >= 15 is 0 Å². The zero-order chi connectivity index (χ0) is 24.2. The van der Waals surface area contributed by atoms with E-state index in [-0.39, 0.29) is 5.78 Å². The first-order chi connectivity index (χ1) is 16.4. The van der Waals surface area contributed by atoms with Gasteiger partial charge in [0.2, 0.25) is 5.78 Å². The van der Waals surface area contributed by atoms with Crippen LogP contribution in [0.25, 0.3) is 22.2 Å². The molecular weight excluding hydrogens is 494 g/mol. The Morgan fingerprint density at radius 3 is 2.47 bits per heavy atom. The van der Waals surface area contributed by atoms with Crippen molar-refractivity contribution in [2.75, 3.05) is 7.11 Å². The average molecular weight is 518 g/mol. The number of hydrogen-bond acceptors (Lipinski definition) is 5. The van der Waals surface area contributed by atoms with Crippen LogP contribution in [0.5, 0.6) is 5.75 Å². The topological polar surface area (TPSA) is 65.5 Å². The molecule has 0 spiro atoms. The van der Waals surface area contributed by atoms with E-state index in [0.717, 1.165) is 15.6 Å². The molecule has 0 radical (unpaired) electrons. The summed E-state index contributed by atoms with van der Waals surface area (Å²) in [6.07, 6.45) is -0.514. The summed E-state index contributed by atoms with van der Waals surface area (Å²) in [6, 6.07) is 21.9. The van der Waals surface area contributed by atoms with E-state index in [1.165, 1.54) is 0 Å². The molecule has 4 aromatic rings. The van der Waals surface area contributed by atoms with Crippen LogP contribution < -0.4 is 4.74 Å². The second-order valence-electron chi connectivity index (χ2n) is 7.94. The summed E-state index contributed by atoms with van der Waals surface area (Å²) in [4.78, 5) is 31.2. The number of carbonyl (C=O) groups excluding carboxylic acids is 2. The number of carbonyl (C=O) groups is 2. The van der Waals surface area contributed by atoms with Crippen LogP contribution in [0.4, 0.5) is 0 Å². The van der Waals surface area contributed by atoms with Gasteiger partial charge in [-0.1, -0.05) is 65.3 Å². The van der Waals surface area contributed by atoms with Crippen LogP contribution in [0.3, 0.4) is 0 Å². The van der Waals surface area contributed by atoms with Crippen molar-refractivity contribution >= 4 is 38.6 Å². The van der Waals surface area contributed by atoms with Crippen LogP contribution in [-0.2, 0) is 4.74 Å². The van der Waals surface area contributed by atoms with E-state index in [1.54, 1.807) is 37.4 Å².